The number of azide groups is 1. The summed E-state index contributed by atoms with van der Waals surface area (Å²) in [5, 5.41) is 3.65. The number of rotatable bonds is 4. The van der Waals surface area contributed by atoms with Gasteiger partial charge in [-0.1, -0.05) is 29.4 Å². The molecule has 0 saturated heterocycles. The lowest BCUT2D eigenvalue weighted by Gasteiger charge is -2.02. The zero-order valence-corrected chi connectivity index (χ0v) is 8.77. The first kappa shape index (κ1) is 11.2. The Morgan fingerprint density at radius 3 is 2.93 bits per heavy atom. The molecule has 1 aromatic rings. The summed E-state index contributed by atoms with van der Waals surface area (Å²) < 4.78 is 0. The van der Waals surface area contributed by atoms with Crippen LogP contribution in [0.15, 0.2) is 29.4 Å². The smallest absolute Gasteiger partial charge is 0.0407 e. The molecular weight excluding hydrogens is 186 g/mol. The van der Waals surface area contributed by atoms with Crippen LogP contribution in [0.1, 0.15) is 25.3 Å². The average molecular weight is 199 g/mol. The number of hydrogen-bond donors (Lipinski definition) is 0. The molecule has 3 nitrogen and oxygen atoms in total. The molecule has 0 aliphatic heterocycles. The van der Waals surface area contributed by atoms with Crippen molar-refractivity contribution < 1.29 is 0 Å². The normalized spacial score (nSPS) is 8.60. The number of nitrogens with zero attached hydrogens (tertiary/aromatic N) is 3. The standard InChI is InChI=1S/C12H13N3/c1-2-3-4-5-8-11-9-6-7-10-12(11)14-15-13/h6-7,9-10H,4-5,8H2,1H3. The van der Waals surface area contributed by atoms with Gasteiger partial charge in [0.05, 0.1) is 0 Å². The van der Waals surface area contributed by atoms with E-state index in [1.807, 2.05) is 31.2 Å². The maximum Gasteiger partial charge on any atom is 0.0407 e. The van der Waals surface area contributed by atoms with Crippen LogP contribution < -0.4 is 0 Å². The van der Waals surface area contributed by atoms with Crippen LogP contribution in [0.25, 0.3) is 10.4 Å². The third-order valence-corrected chi connectivity index (χ3v) is 2.07. The van der Waals surface area contributed by atoms with Gasteiger partial charge in [0.15, 0.2) is 0 Å². The van der Waals surface area contributed by atoms with Gasteiger partial charge < -0.3 is 0 Å². The highest BCUT2D eigenvalue weighted by molar-refractivity contribution is 5.45. The minimum atomic E-state index is 0.726. The van der Waals surface area contributed by atoms with Crippen LogP contribution in [0.5, 0.6) is 0 Å². The fraction of sp³-hybridized carbons (Fsp3) is 0.333. The van der Waals surface area contributed by atoms with E-state index in [9.17, 15) is 0 Å². The highest BCUT2D eigenvalue weighted by Crippen LogP contribution is 2.20. The van der Waals surface area contributed by atoms with Gasteiger partial charge in [0.2, 0.25) is 0 Å². The van der Waals surface area contributed by atoms with Crippen LogP contribution in [-0.4, -0.2) is 0 Å². The highest BCUT2D eigenvalue weighted by atomic mass is 15.1. The second kappa shape index (κ2) is 6.53. The van der Waals surface area contributed by atoms with Crippen molar-refractivity contribution in [2.75, 3.05) is 0 Å². The molecule has 3 heteroatoms. The van der Waals surface area contributed by atoms with Crippen LogP contribution >= 0.6 is 0 Å². The van der Waals surface area contributed by atoms with Gasteiger partial charge >= 0.3 is 0 Å². The Morgan fingerprint density at radius 1 is 1.40 bits per heavy atom. The van der Waals surface area contributed by atoms with Crippen LogP contribution in [0, 0.1) is 11.8 Å². The molecule has 0 amide bonds. The Hall–Kier alpha value is -1.91. The van der Waals surface area contributed by atoms with E-state index < -0.39 is 0 Å². The molecule has 0 atom stereocenters. The Morgan fingerprint density at radius 2 is 2.20 bits per heavy atom. The van der Waals surface area contributed by atoms with Crippen LogP contribution in [0.4, 0.5) is 5.69 Å². The third-order valence-electron chi connectivity index (χ3n) is 2.07. The van der Waals surface area contributed by atoms with Crippen molar-refractivity contribution in [3.05, 3.63) is 40.3 Å². The molecular formula is C12H13N3. The van der Waals surface area contributed by atoms with Gasteiger partial charge in [0.1, 0.15) is 0 Å². The van der Waals surface area contributed by atoms with Gasteiger partial charge in [-0.05, 0) is 30.9 Å². The Balaban J connectivity index is 2.65. The van der Waals surface area contributed by atoms with E-state index in [0.29, 0.717) is 0 Å². The first-order valence-corrected chi connectivity index (χ1v) is 4.91. The van der Waals surface area contributed by atoms with E-state index in [1.165, 1.54) is 0 Å². The summed E-state index contributed by atoms with van der Waals surface area (Å²) >= 11 is 0. The van der Waals surface area contributed by atoms with Crippen LogP contribution in [-0.2, 0) is 6.42 Å². The fourth-order valence-electron chi connectivity index (χ4n) is 1.36. The molecule has 76 valence electrons. The number of hydrogen-bond acceptors (Lipinski definition) is 1. The molecule has 1 aromatic carbocycles. The van der Waals surface area contributed by atoms with Crippen LogP contribution in [0.2, 0.25) is 0 Å². The molecule has 0 aromatic heterocycles. The van der Waals surface area contributed by atoms with Crippen molar-refractivity contribution in [3.8, 4) is 11.8 Å². The lowest BCUT2D eigenvalue weighted by atomic mass is 10.1. The summed E-state index contributed by atoms with van der Waals surface area (Å²) in [5.74, 6) is 5.88. The molecule has 0 radical (unpaired) electrons. The van der Waals surface area contributed by atoms with E-state index in [2.05, 4.69) is 21.9 Å². The molecule has 0 N–H and O–H groups in total. The van der Waals surface area contributed by atoms with Gasteiger partial charge in [0.25, 0.3) is 0 Å². The number of unbranched alkanes of at least 4 members (excludes halogenated alkanes) is 1. The zero-order chi connectivity index (χ0) is 10.9. The topological polar surface area (TPSA) is 48.8 Å². The fourth-order valence-corrected chi connectivity index (χ4v) is 1.36. The first-order chi connectivity index (χ1) is 7.38. The van der Waals surface area contributed by atoms with Crippen molar-refractivity contribution in [1.82, 2.24) is 0 Å². The van der Waals surface area contributed by atoms with E-state index in [4.69, 9.17) is 5.53 Å². The first-order valence-electron chi connectivity index (χ1n) is 4.91. The van der Waals surface area contributed by atoms with E-state index >= 15 is 0 Å². The second-order valence-electron chi connectivity index (χ2n) is 3.10. The molecule has 0 aliphatic carbocycles. The molecule has 0 saturated carbocycles. The lowest BCUT2D eigenvalue weighted by Crippen LogP contribution is -1.84. The van der Waals surface area contributed by atoms with Gasteiger partial charge in [-0.15, -0.1) is 11.8 Å². The predicted molar refractivity (Wildman–Crippen MR) is 61.6 cm³/mol. The number of benzene rings is 1. The SMILES string of the molecule is CC#CCCCc1ccccc1N=[N+]=[N-]. The van der Waals surface area contributed by atoms with E-state index in [-0.39, 0.29) is 0 Å². The van der Waals surface area contributed by atoms with E-state index in [1.54, 1.807) is 0 Å². The quantitative estimate of drug-likeness (QED) is 0.231. The monoisotopic (exact) mass is 199 g/mol. The summed E-state index contributed by atoms with van der Waals surface area (Å²) in [6.07, 6.45) is 2.80. The van der Waals surface area contributed by atoms with Crippen molar-refractivity contribution in [2.24, 2.45) is 5.11 Å². The molecule has 0 spiro atoms. The van der Waals surface area contributed by atoms with Gasteiger partial charge in [-0.2, -0.15) is 0 Å². The van der Waals surface area contributed by atoms with Gasteiger partial charge in [0, 0.05) is 17.0 Å². The van der Waals surface area contributed by atoms with E-state index in [0.717, 1.165) is 30.5 Å². The summed E-state index contributed by atoms with van der Waals surface area (Å²) in [5.41, 5.74) is 10.2. The summed E-state index contributed by atoms with van der Waals surface area (Å²) in [4.78, 5) is 2.81. The van der Waals surface area contributed by atoms with Crippen molar-refractivity contribution in [2.45, 2.75) is 26.2 Å². The van der Waals surface area contributed by atoms with Crippen LogP contribution in [0.3, 0.4) is 0 Å². The molecule has 0 fully saturated rings. The molecule has 0 aliphatic rings. The minimum Gasteiger partial charge on any atom is -0.107 e. The minimum absolute atomic E-state index is 0.726. The Labute approximate surface area is 89.8 Å². The van der Waals surface area contributed by atoms with Gasteiger partial charge in [-0.25, -0.2) is 0 Å². The lowest BCUT2D eigenvalue weighted by molar-refractivity contribution is 0.857. The predicted octanol–water partition coefficient (Wildman–Crippen LogP) is 3.97. The second-order valence-corrected chi connectivity index (χ2v) is 3.10. The third kappa shape index (κ3) is 3.76. The van der Waals surface area contributed by atoms with Gasteiger partial charge in [-0.3, -0.25) is 0 Å². The summed E-state index contributed by atoms with van der Waals surface area (Å²) in [6.45, 7) is 1.84. The maximum atomic E-state index is 8.39. The Bertz CT molecular complexity index is 420. The largest absolute Gasteiger partial charge is 0.107 e. The zero-order valence-electron chi connectivity index (χ0n) is 8.77. The maximum absolute atomic E-state index is 8.39. The Kier molecular flexibility index (Phi) is 4.86. The number of aryl methyl sites for hydroxylation is 1. The molecule has 15 heavy (non-hydrogen) atoms. The summed E-state index contributed by atoms with van der Waals surface area (Å²) in [7, 11) is 0. The van der Waals surface area contributed by atoms with Crippen molar-refractivity contribution in [1.29, 1.82) is 0 Å². The molecule has 0 bridgehead atoms. The van der Waals surface area contributed by atoms with Crippen molar-refractivity contribution in [3.63, 3.8) is 0 Å². The average Bonchev–Trinajstić information content (AvgIpc) is 2.27. The highest BCUT2D eigenvalue weighted by Gasteiger charge is 1.98. The molecule has 1 rings (SSSR count). The van der Waals surface area contributed by atoms with Crippen molar-refractivity contribution >= 4 is 5.69 Å². The summed E-state index contributed by atoms with van der Waals surface area (Å²) in [6, 6.07) is 7.65. The molecule has 0 unspecified atom stereocenters. The molecule has 0 heterocycles.